The molecule has 1 aromatic carbocycles. The second kappa shape index (κ2) is 4.60. The summed E-state index contributed by atoms with van der Waals surface area (Å²) in [4.78, 5) is 0.811. The van der Waals surface area contributed by atoms with Gasteiger partial charge in [-0.1, -0.05) is 25.1 Å². The Bertz CT molecular complexity index is 562. The van der Waals surface area contributed by atoms with Crippen LogP contribution in [0.3, 0.4) is 0 Å². The first-order chi connectivity index (χ1) is 8.11. The molecule has 1 aromatic rings. The van der Waals surface area contributed by atoms with Gasteiger partial charge in [-0.05, 0) is 23.7 Å². The molecule has 0 saturated heterocycles. The number of hydrogen-bond donors (Lipinski definition) is 2. The van der Waals surface area contributed by atoms with E-state index in [0.29, 0.717) is 21.9 Å². The lowest BCUT2D eigenvalue weighted by Gasteiger charge is -2.07. The molecule has 17 heavy (non-hydrogen) atoms. The molecule has 0 fully saturated rings. The van der Waals surface area contributed by atoms with E-state index in [4.69, 9.17) is 5.73 Å². The van der Waals surface area contributed by atoms with Gasteiger partial charge in [0, 0.05) is 13.1 Å². The number of rotatable bonds is 4. The third-order valence-electron chi connectivity index (χ3n) is 2.83. The second-order valence-electron chi connectivity index (χ2n) is 3.93. The molecule has 0 saturated carbocycles. The minimum Gasteiger partial charge on any atom is -0.326 e. The van der Waals surface area contributed by atoms with Gasteiger partial charge < -0.3 is 11.1 Å². The van der Waals surface area contributed by atoms with Crippen molar-refractivity contribution in [3.05, 3.63) is 34.2 Å². The Balaban J connectivity index is 2.48. The minimum absolute atomic E-state index is 0.241. The van der Waals surface area contributed by atoms with Crippen LogP contribution in [0.15, 0.2) is 28.0 Å². The monoisotopic (exact) mass is 252 g/mol. The molecule has 0 amide bonds. The lowest BCUT2D eigenvalue weighted by Crippen LogP contribution is -2.19. The number of benzene rings is 1. The van der Waals surface area contributed by atoms with E-state index in [1.807, 2.05) is 19.1 Å². The van der Waals surface area contributed by atoms with Crippen molar-refractivity contribution in [1.82, 2.24) is 5.32 Å². The van der Waals surface area contributed by atoms with Crippen LogP contribution in [0, 0.1) is 0 Å². The van der Waals surface area contributed by atoms with E-state index in [9.17, 15) is 8.42 Å². The topological polar surface area (TPSA) is 72.2 Å². The van der Waals surface area contributed by atoms with Gasteiger partial charge in [0.05, 0.1) is 9.80 Å². The fourth-order valence-corrected chi connectivity index (χ4v) is 3.75. The molecule has 0 aliphatic carbocycles. The number of nitrogens with two attached hydrogens (primary N) is 1. The van der Waals surface area contributed by atoms with Gasteiger partial charge in [0.2, 0.25) is 9.84 Å². The van der Waals surface area contributed by atoms with Gasteiger partial charge in [0.15, 0.2) is 0 Å². The van der Waals surface area contributed by atoms with Crippen molar-refractivity contribution in [1.29, 1.82) is 0 Å². The average Bonchev–Trinajstić information content (AvgIpc) is 2.58. The van der Waals surface area contributed by atoms with E-state index >= 15 is 0 Å². The molecule has 1 aliphatic heterocycles. The Morgan fingerprint density at radius 3 is 2.76 bits per heavy atom. The fourth-order valence-electron chi connectivity index (χ4n) is 1.98. The summed E-state index contributed by atoms with van der Waals surface area (Å²) in [6, 6.07) is 5.41. The summed E-state index contributed by atoms with van der Waals surface area (Å²) in [5, 5.41) is 3.04. The van der Waals surface area contributed by atoms with Crippen molar-refractivity contribution < 1.29 is 8.42 Å². The number of nitrogens with one attached hydrogen (secondary N) is 1. The van der Waals surface area contributed by atoms with Crippen molar-refractivity contribution in [2.45, 2.75) is 18.4 Å². The molecule has 92 valence electrons. The molecule has 3 N–H and O–H groups in total. The van der Waals surface area contributed by atoms with Crippen LogP contribution in [0.4, 0.5) is 0 Å². The first-order valence-electron chi connectivity index (χ1n) is 5.59. The number of fused-ring (bicyclic) bond motifs is 1. The van der Waals surface area contributed by atoms with Crippen molar-refractivity contribution >= 4 is 15.9 Å². The van der Waals surface area contributed by atoms with E-state index in [2.05, 4.69) is 5.32 Å². The smallest absolute Gasteiger partial charge is 0.204 e. The van der Waals surface area contributed by atoms with Gasteiger partial charge in [-0.25, -0.2) is 8.42 Å². The molecule has 1 aliphatic rings. The number of likely N-dealkylation sites (N-methyl/N-ethyl adjacent to an activating group) is 1. The van der Waals surface area contributed by atoms with Gasteiger partial charge in [-0.15, -0.1) is 0 Å². The van der Waals surface area contributed by atoms with Crippen LogP contribution in [0.25, 0.3) is 6.08 Å². The molecule has 0 aromatic heterocycles. The van der Waals surface area contributed by atoms with Crippen molar-refractivity contribution in [2.75, 3.05) is 13.1 Å². The first kappa shape index (κ1) is 12.3. The summed E-state index contributed by atoms with van der Waals surface area (Å²) < 4.78 is 24.6. The normalized spacial score (nSPS) is 16.7. The molecule has 5 heteroatoms. The Kier molecular flexibility index (Phi) is 3.33. The summed E-state index contributed by atoms with van der Waals surface area (Å²) in [6.45, 7) is 3.30. The molecular formula is C12H16N2O2S. The summed E-state index contributed by atoms with van der Waals surface area (Å²) in [6.07, 6.45) is 1.73. The van der Waals surface area contributed by atoms with E-state index < -0.39 is 9.84 Å². The maximum absolute atomic E-state index is 12.3. The summed E-state index contributed by atoms with van der Waals surface area (Å²) >= 11 is 0. The van der Waals surface area contributed by atoms with E-state index in [0.717, 1.165) is 12.1 Å². The Labute approximate surface area is 101 Å². The fraction of sp³-hybridized carbons (Fsp3) is 0.333. The number of hydrogen-bond acceptors (Lipinski definition) is 4. The van der Waals surface area contributed by atoms with Crippen LogP contribution in [0.1, 0.15) is 18.1 Å². The Hall–Kier alpha value is -1.17. The highest BCUT2D eigenvalue weighted by atomic mass is 32.2. The minimum atomic E-state index is -3.34. The van der Waals surface area contributed by atoms with Gasteiger partial charge in [0.1, 0.15) is 0 Å². The average molecular weight is 252 g/mol. The lowest BCUT2D eigenvalue weighted by molar-refractivity contribution is 0.600. The third-order valence-corrected chi connectivity index (χ3v) is 4.81. The zero-order chi connectivity index (χ0) is 12.5. The zero-order valence-electron chi connectivity index (χ0n) is 9.73. The Morgan fingerprint density at radius 2 is 2.12 bits per heavy atom. The van der Waals surface area contributed by atoms with E-state index in [1.165, 1.54) is 0 Å². The predicted molar refractivity (Wildman–Crippen MR) is 68.0 cm³/mol. The molecule has 0 atom stereocenters. The molecule has 4 nitrogen and oxygen atoms in total. The van der Waals surface area contributed by atoms with E-state index in [-0.39, 0.29) is 6.54 Å². The van der Waals surface area contributed by atoms with Crippen molar-refractivity contribution in [3.63, 3.8) is 0 Å². The van der Waals surface area contributed by atoms with Crippen LogP contribution < -0.4 is 11.1 Å². The largest absolute Gasteiger partial charge is 0.326 e. The molecule has 1 heterocycles. The maximum atomic E-state index is 12.3. The summed E-state index contributed by atoms with van der Waals surface area (Å²) in [5.41, 5.74) is 7.02. The van der Waals surface area contributed by atoms with Crippen LogP contribution >= 0.6 is 0 Å². The molecule has 0 spiro atoms. The van der Waals surface area contributed by atoms with Crippen molar-refractivity contribution in [2.24, 2.45) is 5.73 Å². The van der Waals surface area contributed by atoms with Crippen LogP contribution in [0.5, 0.6) is 0 Å². The highest BCUT2D eigenvalue weighted by molar-refractivity contribution is 7.96. The Morgan fingerprint density at radius 1 is 1.35 bits per heavy atom. The number of sulfone groups is 1. The van der Waals surface area contributed by atoms with Gasteiger partial charge in [0.25, 0.3) is 0 Å². The van der Waals surface area contributed by atoms with Crippen LogP contribution in [-0.4, -0.2) is 21.5 Å². The third kappa shape index (κ3) is 2.01. The molecular weight excluding hydrogens is 236 g/mol. The van der Waals surface area contributed by atoms with Crippen molar-refractivity contribution in [3.8, 4) is 0 Å². The van der Waals surface area contributed by atoms with Gasteiger partial charge >= 0.3 is 0 Å². The molecule has 2 rings (SSSR count). The molecule has 0 radical (unpaired) electrons. The van der Waals surface area contributed by atoms with Crippen LogP contribution in [0.2, 0.25) is 0 Å². The SMILES string of the molecule is CCNCC1=Cc2cccc(CN)c2S1(=O)=O. The molecule has 0 unspecified atom stereocenters. The second-order valence-corrected chi connectivity index (χ2v) is 5.87. The standard InChI is InChI=1S/C12H16N2O2S/c1-2-14-8-11-6-9-4-3-5-10(7-13)12(9)17(11,15)16/h3-6,14H,2,7-8,13H2,1H3. The molecule has 0 bridgehead atoms. The van der Waals surface area contributed by atoms with Crippen LogP contribution in [-0.2, 0) is 16.4 Å². The first-order valence-corrected chi connectivity index (χ1v) is 7.08. The van der Waals surface area contributed by atoms with Gasteiger partial charge in [-0.3, -0.25) is 0 Å². The highest BCUT2D eigenvalue weighted by Crippen LogP contribution is 2.34. The quantitative estimate of drug-likeness (QED) is 0.834. The van der Waals surface area contributed by atoms with E-state index in [1.54, 1.807) is 12.1 Å². The zero-order valence-corrected chi connectivity index (χ0v) is 10.5. The lowest BCUT2D eigenvalue weighted by atomic mass is 10.1. The van der Waals surface area contributed by atoms with Gasteiger partial charge in [-0.2, -0.15) is 0 Å². The maximum Gasteiger partial charge on any atom is 0.204 e. The summed E-state index contributed by atoms with van der Waals surface area (Å²) in [7, 11) is -3.34. The summed E-state index contributed by atoms with van der Waals surface area (Å²) in [5.74, 6) is 0. The predicted octanol–water partition coefficient (Wildman–Crippen LogP) is 0.883. The highest BCUT2D eigenvalue weighted by Gasteiger charge is 2.30.